The number of halogens is 3. The summed E-state index contributed by atoms with van der Waals surface area (Å²) in [6, 6.07) is 5.30. The lowest BCUT2D eigenvalue weighted by atomic mass is 10.0. The highest BCUT2D eigenvalue weighted by molar-refractivity contribution is 9.10. The van der Waals surface area contributed by atoms with Gasteiger partial charge in [-0.05, 0) is 46.2 Å². The first-order valence-corrected chi connectivity index (χ1v) is 7.33. The van der Waals surface area contributed by atoms with E-state index in [2.05, 4.69) is 31.6 Å². The van der Waals surface area contributed by atoms with E-state index in [-0.39, 0.29) is 6.04 Å². The molecule has 1 aromatic heterocycles. The predicted molar refractivity (Wildman–Crippen MR) is 80.7 cm³/mol. The molecule has 19 heavy (non-hydrogen) atoms. The van der Waals surface area contributed by atoms with Gasteiger partial charge in [0.05, 0.1) is 11.7 Å². The van der Waals surface area contributed by atoms with Gasteiger partial charge in [0.2, 0.25) is 0 Å². The van der Waals surface area contributed by atoms with Crippen molar-refractivity contribution >= 4 is 39.1 Å². The molecule has 2 rings (SSSR count). The molecule has 1 unspecified atom stereocenters. The molecule has 0 saturated carbocycles. The Labute approximate surface area is 130 Å². The van der Waals surface area contributed by atoms with E-state index in [1.165, 1.54) is 0 Å². The summed E-state index contributed by atoms with van der Waals surface area (Å²) in [4.78, 5) is 0. The van der Waals surface area contributed by atoms with Gasteiger partial charge < -0.3 is 5.32 Å². The molecule has 1 heterocycles. The lowest BCUT2D eigenvalue weighted by Crippen LogP contribution is -2.25. The minimum atomic E-state index is -0.120. The maximum absolute atomic E-state index is 6.28. The third-order valence-corrected chi connectivity index (χ3v) is 3.92. The van der Waals surface area contributed by atoms with Crippen LogP contribution in [0.5, 0.6) is 0 Å². The summed E-state index contributed by atoms with van der Waals surface area (Å²) in [6.07, 6.45) is 0. The number of nitrogens with one attached hydrogen (secondary N) is 1. The van der Waals surface area contributed by atoms with E-state index in [1.54, 1.807) is 16.8 Å². The van der Waals surface area contributed by atoms with Crippen molar-refractivity contribution in [2.24, 2.45) is 7.05 Å². The first-order valence-electron chi connectivity index (χ1n) is 5.78. The largest absolute Gasteiger partial charge is 0.305 e. The minimum absolute atomic E-state index is 0.120. The third-order valence-electron chi connectivity index (χ3n) is 2.78. The van der Waals surface area contributed by atoms with Gasteiger partial charge in [-0.2, -0.15) is 0 Å². The van der Waals surface area contributed by atoms with Crippen LogP contribution in [0.1, 0.15) is 24.2 Å². The highest BCUT2D eigenvalue weighted by atomic mass is 79.9. The van der Waals surface area contributed by atoms with Gasteiger partial charge in [-0.25, -0.2) is 4.68 Å². The Kier molecular flexibility index (Phi) is 4.84. The standard InChI is InChI=1S/C12H13BrCl2N4/c1-3-16-10(11-12(13)17-18-19(11)2)8-6-7(14)4-5-9(8)15/h4-6,10,16H,3H2,1-2H3. The maximum atomic E-state index is 6.28. The molecule has 0 spiro atoms. The smallest absolute Gasteiger partial charge is 0.153 e. The Balaban J connectivity index is 2.54. The van der Waals surface area contributed by atoms with Gasteiger partial charge in [-0.15, -0.1) is 5.10 Å². The fourth-order valence-corrected chi connectivity index (χ4v) is 2.90. The van der Waals surface area contributed by atoms with Crippen molar-refractivity contribution in [3.05, 3.63) is 44.1 Å². The zero-order chi connectivity index (χ0) is 14.0. The lowest BCUT2D eigenvalue weighted by molar-refractivity contribution is 0.567. The average Bonchev–Trinajstić information content (AvgIpc) is 2.70. The molecule has 0 aliphatic heterocycles. The van der Waals surface area contributed by atoms with Crippen molar-refractivity contribution in [1.82, 2.24) is 20.3 Å². The number of hydrogen-bond donors (Lipinski definition) is 1. The fraction of sp³-hybridized carbons (Fsp3) is 0.333. The number of nitrogens with zero attached hydrogens (tertiary/aromatic N) is 3. The number of benzene rings is 1. The van der Waals surface area contributed by atoms with Crippen LogP contribution in [0.4, 0.5) is 0 Å². The summed E-state index contributed by atoms with van der Waals surface area (Å²) in [5.74, 6) is 0. The van der Waals surface area contributed by atoms with Gasteiger partial charge >= 0.3 is 0 Å². The second kappa shape index (κ2) is 6.22. The van der Waals surface area contributed by atoms with E-state index in [1.807, 2.05) is 20.0 Å². The van der Waals surface area contributed by atoms with Gasteiger partial charge in [-0.1, -0.05) is 35.3 Å². The van der Waals surface area contributed by atoms with E-state index in [0.29, 0.717) is 14.6 Å². The van der Waals surface area contributed by atoms with Crippen LogP contribution in [-0.4, -0.2) is 21.5 Å². The van der Waals surface area contributed by atoms with Gasteiger partial charge in [0.1, 0.15) is 0 Å². The zero-order valence-electron chi connectivity index (χ0n) is 10.5. The molecule has 0 fully saturated rings. The van der Waals surface area contributed by atoms with Crippen LogP contribution in [0.15, 0.2) is 22.8 Å². The van der Waals surface area contributed by atoms with Gasteiger partial charge in [0, 0.05) is 17.1 Å². The molecule has 0 aliphatic carbocycles. The molecule has 1 aromatic carbocycles. The van der Waals surface area contributed by atoms with Crippen molar-refractivity contribution in [3.63, 3.8) is 0 Å². The Hall–Kier alpha value is -0.620. The Morgan fingerprint density at radius 2 is 2.16 bits per heavy atom. The molecule has 7 heteroatoms. The topological polar surface area (TPSA) is 42.7 Å². The first-order chi connectivity index (χ1) is 9.04. The number of hydrogen-bond acceptors (Lipinski definition) is 3. The highest BCUT2D eigenvalue weighted by Gasteiger charge is 2.23. The van der Waals surface area contributed by atoms with Crippen LogP contribution in [0.2, 0.25) is 10.0 Å². The van der Waals surface area contributed by atoms with E-state index in [4.69, 9.17) is 23.2 Å². The van der Waals surface area contributed by atoms with Crippen molar-refractivity contribution in [1.29, 1.82) is 0 Å². The number of aryl methyl sites for hydroxylation is 1. The highest BCUT2D eigenvalue weighted by Crippen LogP contribution is 2.32. The van der Waals surface area contributed by atoms with E-state index >= 15 is 0 Å². The summed E-state index contributed by atoms with van der Waals surface area (Å²) in [7, 11) is 1.84. The lowest BCUT2D eigenvalue weighted by Gasteiger charge is -2.20. The molecule has 1 N–H and O–H groups in total. The number of rotatable bonds is 4. The molecule has 0 bridgehead atoms. The summed E-state index contributed by atoms with van der Waals surface area (Å²) >= 11 is 15.8. The van der Waals surface area contributed by atoms with E-state index in [9.17, 15) is 0 Å². The van der Waals surface area contributed by atoms with Crippen molar-refractivity contribution < 1.29 is 0 Å². The number of aromatic nitrogens is 3. The van der Waals surface area contributed by atoms with Gasteiger partial charge in [0.15, 0.2) is 4.60 Å². The molecule has 102 valence electrons. The SMILES string of the molecule is CCNC(c1cc(Cl)ccc1Cl)c1c(Br)nnn1C. The third kappa shape index (κ3) is 3.11. The van der Waals surface area contributed by atoms with E-state index in [0.717, 1.165) is 17.8 Å². The molecule has 0 saturated heterocycles. The molecular formula is C12H13BrCl2N4. The van der Waals surface area contributed by atoms with Crippen LogP contribution in [-0.2, 0) is 7.05 Å². The van der Waals surface area contributed by atoms with Crippen LogP contribution in [0.25, 0.3) is 0 Å². The molecule has 1 atom stereocenters. The summed E-state index contributed by atoms with van der Waals surface area (Å²) < 4.78 is 2.41. The normalized spacial score (nSPS) is 12.7. The Morgan fingerprint density at radius 3 is 2.74 bits per heavy atom. The quantitative estimate of drug-likeness (QED) is 0.902. The monoisotopic (exact) mass is 362 g/mol. The van der Waals surface area contributed by atoms with Crippen molar-refractivity contribution in [2.75, 3.05) is 6.54 Å². The Morgan fingerprint density at radius 1 is 1.42 bits per heavy atom. The molecular weight excluding hydrogens is 351 g/mol. The van der Waals surface area contributed by atoms with Crippen LogP contribution in [0, 0.1) is 0 Å². The van der Waals surface area contributed by atoms with E-state index < -0.39 is 0 Å². The summed E-state index contributed by atoms with van der Waals surface area (Å²) in [6.45, 7) is 2.81. The second-order valence-electron chi connectivity index (χ2n) is 4.05. The Bertz CT molecular complexity index is 566. The summed E-state index contributed by atoms with van der Waals surface area (Å²) in [5.41, 5.74) is 1.81. The van der Waals surface area contributed by atoms with Crippen molar-refractivity contribution in [3.8, 4) is 0 Å². The zero-order valence-corrected chi connectivity index (χ0v) is 13.6. The molecule has 0 aliphatic rings. The van der Waals surface area contributed by atoms with Crippen LogP contribution in [0.3, 0.4) is 0 Å². The second-order valence-corrected chi connectivity index (χ2v) is 5.64. The maximum Gasteiger partial charge on any atom is 0.153 e. The molecule has 2 aromatic rings. The predicted octanol–water partition coefficient (Wildman–Crippen LogP) is 3.58. The summed E-state index contributed by atoms with van der Waals surface area (Å²) in [5, 5.41) is 12.7. The van der Waals surface area contributed by atoms with Gasteiger partial charge in [0.25, 0.3) is 0 Å². The fourth-order valence-electron chi connectivity index (χ4n) is 1.94. The van der Waals surface area contributed by atoms with Crippen molar-refractivity contribution in [2.45, 2.75) is 13.0 Å². The van der Waals surface area contributed by atoms with Crippen LogP contribution >= 0.6 is 39.1 Å². The molecule has 4 nitrogen and oxygen atoms in total. The minimum Gasteiger partial charge on any atom is -0.305 e. The molecule has 0 radical (unpaired) electrons. The first kappa shape index (κ1) is 14.8. The average molecular weight is 364 g/mol. The molecule has 0 amide bonds. The van der Waals surface area contributed by atoms with Gasteiger partial charge in [-0.3, -0.25) is 0 Å². The van der Waals surface area contributed by atoms with Crippen LogP contribution < -0.4 is 5.32 Å².